The molecule has 0 saturated heterocycles. The highest BCUT2D eigenvalue weighted by Crippen LogP contribution is 2.15. The Hall–Kier alpha value is -2.83. The second kappa shape index (κ2) is 7.44. The summed E-state index contributed by atoms with van der Waals surface area (Å²) in [6, 6.07) is 8.08. The second-order valence-electron chi connectivity index (χ2n) is 4.98. The molecule has 2 N–H and O–H groups in total. The molecule has 1 aromatic heterocycles. The number of hydrogen-bond donors (Lipinski definition) is 2. The molecule has 6 nitrogen and oxygen atoms in total. The molecular weight excluding hydrogens is 305 g/mol. The van der Waals surface area contributed by atoms with Crippen LogP contribution in [-0.4, -0.2) is 23.0 Å². The van der Waals surface area contributed by atoms with Crippen LogP contribution in [0.2, 0.25) is 0 Å². The van der Waals surface area contributed by atoms with Crippen LogP contribution in [-0.2, 0) is 11.4 Å². The van der Waals surface area contributed by atoms with Gasteiger partial charge in [-0.1, -0.05) is 0 Å². The minimum absolute atomic E-state index is 0.0694. The van der Waals surface area contributed by atoms with Crippen molar-refractivity contribution in [3.8, 4) is 5.75 Å². The number of furan rings is 1. The highest BCUT2D eigenvalue weighted by molar-refractivity contribution is 5.91. The van der Waals surface area contributed by atoms with E-state index in [0.29, 0.717) is 11.5 Å². The average Bonchev–Trinajstić information content (AvgIpc) is 2.94. The number of carbonyl (C=O) groups excluding carboxylic acids is 1. The van der Waals surface area contributed by atoms with Gasteiger partial charge in [0.1, 0.15) is 23.9 Å². The Morgan fingerprint density at radius 2 is 1.96 bits per heavy atom. The molecule has 7 heteroatoms. The van der Waals surface area contributed by atoms with Crippen molar-refractivity contribution < 1.29 is 28.2 Å². The maximum absolute atomic E-state index is 12.8. The van der Waals surface area contributed by atoms with Crippen molar-refractivity contribution in [3.05, 3.63) is 53.7 Å². The van der Waals surface area contributed by atoms with Gasteiger partial charge in [-0.05, 0) is 43.3 Å². The number of aliphatic carboxylic acids is 1. The van der Waals surface area contributed by atoms with Crippen LogP contribution in [0.1, 0.15) is 29.7 Å². The quantitative estimate of drug-likeness (QED) is 0.818. The van der Waals surface area contributed by atoms with E-state index in [-0.39, 0.29) is 24.6 Å². The summed E-state index contributed by atoms with van der Waals surface area (Å²) in [5.41, 5.74) is 0. The van der Waals surface area contributed by atoms with E-state index in [4.69, 9.17) is 14.3 Å². The van der Waals surface area contributed by atoms with E-state index in [9.17, 15) is 14.0 Å². The standard InChI is InChI=1S/C16H16FNO5/c1-10(8-15(19)20)18-16(21)14-7-6-13(23-14)9-22-12-4-2-11(17)3-5-12/h2-7,10H,8-9H2,1H3,(H,18,21)(H,19,20). The fourth-order valence-electron chi connectivity index (χ4n) is 1.87. The molecule has 1 amide bonds. The van der Waals surface area contributed by atoms with Crippen LogP contribution >= 0.6 is 0 Å². The molecule has 1 aromatic carbocycles. The maximum Gasteiger partial charge on any atom is 0.305 e. The summed E-state index contributed by atoms with van der Waals surface area (Å²) in [6.45, 7) is 1.68. The van der Waals surface area contributed by atoms with E-state index >= 15 is 0 Å². The molecule has 0 spiro atoms. The molecule has 0 aliphatic heterocycles. The number of carbonyl (C=O) groups is 2. The SMILES string of the molecule is CC(CC(=O)O)NC(=O)c1ccc(COc2ccc(F)cc2)o1. The van der Waals surface area contributed by atoms with Crippen molar-refractivity contribution in [2.24, 2.45) is 0 Å². The Morgan fingerprint density at radius 1 is 1.26 bits per heavy atom. The van der Waals surface area contributed by atoms with Gasteiger partial charge < -0.3 is 19.6 Å². The van der Waals surface area contributed by atoms with Gasteiger partial charge in [0.25, 0.3) is 5.91 Å². The van der Waals surface area contributed by atoms with Crippen molar-refractivity contribution in [2.75, 3.05) is 0 Å². The molecule has 122 valence electrons. The average molecular weight is 321 g/mol. The van der Waals surface area contributed by atoms with Crippen LogP contribution in [0, 0.1) is 5.82 Å². The highest BCUT2D eigenvalue weighted by Gasteiger charge is 2.15. The van der Waals surface area contributed by atoms with Crippen LogP contribution < -0.4 is 10.1 Å². The van der Waals surface area contributed by atoms with Gasteiger partial charge in [-0.15, -0.1) is 0 Å². The van der Waals surface area contributed by atoms with Gasteiger partial charge in [0.15, 0.2) is 5.76 Å². The maximum atomic E-state index is 12.8. The molecule has 0 fully saturated rings. The van der Waals surface area contributed by atoms with Crippen molar-refractivity contribution in [2.45, 2.75) is 26.0 Å². The lowest BCUT2D eigenvalue weighted by atomic mass is 10.2. The van der Waals surface area contributed by atoms with Gasteiger partial charge in [-0.25, -0.2) is 4.39 Å². The largest absolute Gasteiger partial charge is 0.486 e. The first kappa shape index (κ1) is 16.5. The molecule has 2 rings (SSSR count). The predicted molar refractivity (Wildman–Crippen MR) is 78.6 cm³/mol. The van der Waals surface area contributed by atoms with Crippen molar-refractivity contribution in [1.82, 2.24) is 5.32 Å². The third-order valence-electron chi connectivity index (χ3n) is 2.94. The van der Waals surface area contributed by atoms with Gasteiger partial charge >= 0.3 is 5.97 Å². The van der Waals surface area contributed by atoms with E-state index in [2.05, 4.69) is 5.32 Å². The molecule has 0 bridgehead atoms. The minimum atomic E-state index is -0.995. The molecule has 1 atom stereocenters. The molecule has 23 heavy (non-hydrogen) atoms. The first-order chi connectivity index (χ1) is 10.9. The molecule has 1 unspecified atom stereocenters. The van der Waals surface area contributed by atoms with E-state index < -0.39 is 17.9 Å². The van der Waals surface area contributed by atoms with Crippen LogP contribution in [0.5, 0.6) is 5.75 Å². The van der Waals surface area contributed by atoms with Gasteiger partial charge in [0.05, 0.1) is 6.42 Å². The first-order valence-electron chi connectivity index (χ1n) is 6.94. The number of benzene rings is 1. The summed E-state index contributed by atoms with van der Waals surface area (Å²) in [7, 11) is 0. The molecule has 0 aliphatic rings. The van der Waals surface area contributed by atoms with Crippen molar-refractivity contribution in [3.63, 3.8) is 0 Å². The zero-order valence-electron chi connectivity index (χ0n) is 12.4. The van der Waals surface area contributed by atoms with Crippen molar-refractivity contribution >= 4 is 11.9 Å². The fourth-order valence-corrected chi connectivity index (χ4v) is 1.87. The summed E-state index contributed by atoms with van der Waals surface area (Å²) >= 11 is 0. The number of halogens is 1. The van der Waals surface area contributed by atoms with Gasteiger partial charge in [0.2, 0.25) is 0 Å². The third-order valence-corrected chi connectivity index (χ3v) is 2.94. The Balaban J connectivity index is 1.88. The third kappa shape index (κ3) is 5.14. The Morgan fingerprint density at radius 3 is 2.61 bits per heavy atom. The summed E-state index contributed by atoms with van der Waals surface area (Å²) in [4.78, 5) is 22.4. The van der Waals surface area contributed by atoms with Crippen LogP contribution in [0.4, 0.5) is 4.39 Å². The number of rotatable bonds is 7. The molecule has 2 aromatic rings. The number of amides is 1. The monoisotopic (exact) mass is 321 g/mol. The highest BCUT2D eigenvalue weighted by atomic mass is 19.1. The summed E-state index contributed by atoms with van der Waals surface area (Å²) in [5.74, 6) is -0.878. The molecule has 1 heterocycles. The smallest absolute Gasteiger partial charge is 0.305 e. The minimum Gasteiger partial charge on any atom is -0.486 e. The Bertz CT molecular complexity index is 680. The topological polar surface area (TPSA) is 88.8 Å². The van der Waals surface area contributed by atoms with Gasteiger partial charge in [-0.2, -0.15) is 0 Å². The lowest BCUT2D eigenvalue weighted by Crippen LogP contribution is -2.33. The summed E-state index contributed by atoms with van der Waals surface area (Å²) in [6.07, 6.45) is -0.174. The van der Waals surface area contributed by atoms with Crippen LogP contribution in [0.15, 0.2) is 40.8 Å². The number of nitrogens with one attached hydrogen (secondary N) is 1. The summed E-state index contributed by atoms with van der Waals surface area (Å²) in [5, 5.41) is 11.2. The zero-order chi connectivity index (χ0) is 16.8. The van der Waals surface area contributed by atoms with Gasteiger partial charge in [-0.3, -0.25) is 9.59 Å². The Labute approximate surface area is 131 Å². The lowest BCUT2D eigenvalue weighted by molar-refractivity contribution is -0.137. The van der Waals surface area contributed by atoms with Crippen molar-refractivity contribution in [1.29, 1.82) is 0 Å². The zero-order valence-corrected chi connectivity index (χ0v) is 12.4. The number of hydrogen-bond acceptors (Lipinski definition) is 4. The van der Waals surface area contributed by atoms with Crippen LogP contribution in [0.3, 0.4) is 0 Å². The van der Waals surface area contributed by atoms with E-state index in [0.717, 1.165) is 0 Å². The molecule has 0 aliphatic carbocycles. The van der Waals surface area contributed by atoms with E-state index in [1.165, 1.54) is 30.3 Å². The van der Waals surface area contributed by atoms with E-state index in [1.54, 1.807) is 13.0 Å². The van der Waals surface area contributed by atoms with Crippen LogP contribution in [0.25, 0.3) is 0 Å². The first-order valence-corrected chi connectivity index (χ1v) is 6.94. The second-order valence-corrected chi connectivity index (χ2v) is 4.98. The molecular formula is C16H16FNO5. The predicted octanol–water partition coefficient (Wildman–Crippen LogP) is 2.59. The number of carboxylic acids is 1. The fraction of sp³-hybridized carbons (Fsp3) is 0.250. The molecule has 0 saturated carbocycles. The molecule has 0 radical (unpaired) electrons. The summed E-state index contributed by atoms with van der Waals surface area (Å²) < 4.78 is 23.5. The van der Waals surface area contributed by atoms with Gasteiger partial charge in [0, 0.05) is 6.04 Å². The normalized spacial score (nSPS) is 11.7. The Kier molecular flexibility index (Phi) is 5.35. The number of ether oxygens (including phenoxy) is 1. The lowest BCUT2D eigenvalue weighted by Gasteiger charge is -2.09. The van der Waals surface area contributed by atoms with E-state index in [1.807, 2.05) is 0 Å². The number of carboxylic acid groups (broad SMARTS) is 1.